The molecule has 0 radical (unpaired) electrons. The van der Waals surface area contributed by atoms with Crippen molar-refractivity contribution in [3.8, 4) is 0 Å². The molecule has 0 spiro atoms. The topological polar surface area (TPSA) is 69.9 Å². The van der Waals surface area contributed by atoms with Gasteiger partial charge in [-0.1, -0.05) is 34.6 Å². The van der Waals surface area contributed by atoms with Crippen LogP contribution in [-0.4, -0.2) is 45.3 Å². The molecule has 2 rings (SSSR count). The van der Waals surface area contributed by atoms with Crippen molar-refractivity contribution in [1.29, 1.82) is 0 Å². The van der Waals surface area contributed by atoms with Crippen LogP contribution in [0.5, 0.6) is 0 Å². The molecule has 2 fully saturated rings. The number of aliphatic hydroxyl groups is 3. The van der Waals surface area contributed by atoms with Gasteiger partial charge in [0.2, 0.25) is 0 Å². The number of ether oxygens (including phenoxy) is 1. The van der Waals surface area contributed by atoms with Crippen LogP contribution in [0.3, 0.4) is 0 Å². The van der Waals surface area contributed by atoms with E-state index in [-0.39, 0.29) is 18.6 Å². The fourth-order valence-electron chi connectivity index (χ4n) is 4.31. The van der Waals surface area contributed by atoms with E-state index in [0.29, 0.717) is 37.0 Å². The van der Waals surface area contributed by atoms with Crippen molar-refractivity contribution < 1.29 is 20.1 Å². The maximum Gasteiger partial charge on any atom is 0.114 e. The van der Waals surface area contributed by atoms with Crippen molar-refractivity contribution in [1.82, 2.24) is 0 Å². The number of hydrogen-bond acceptors (Lipinski definition) is 4. The zero-order chi connectivity index (χ0) is 18.1. The van der Waals surface area contributed by atoms with Gasteiger partial charge < -0.3 is 20.1 Å². The summed E-state index contributed by atoms with van der Waals surface area (Å²) >= 11 is 0. The summed E-state index contributed by atoms with van der Waals surface area (Å²) in [5.41, 5.74) is -1.81. The first kappa shape index (κ1) is 20.2. The van der Waals surface area contributed by atoms with Crippen molar-refractivity contribution in [3.05, 3.63) is 0 Å². The first-order valence-corrected chi connectivity index (χ1v) is 9.82. The number of rotatable bonds is 5. The predicted molar refractivity (Wildman–Crippen MR) is 95.7 cm³/mol. The van der Waals surface area contributed by atoms with Crippen LogP contribution in [0, 0.1) is 23.7 Å². The summed E-state index contributed by atoms with van der Waals surface area (Å²) in [6.45, 7) is 10.8. The average Bonchev–Trinajstić information content (AvgIpc) is 2.51. The van der Waals surface area contributed by atoms with E-state index >= 15 is 0 Å². The van der Waals surface area contributed by atoms with Crippen LogP contribution < -0.4 is 0 Å². The van der Waals surface area contributed by atoms with Crippen LogP contribution in [0.25, 0.3) is 0 Å². The van der Waals surface area contributed by atoms with Crippen molar-refractivity contribution in [3.63, 3.8) is 0 Å². The Morgan fingerprint density at radius 2 is 1.75 bits per heavy atom. The predicted octanol–water partition coefficient (Wildman–Crippen LogP) is 3.13. The second-order valence-corrected chi connectivity index (χ2v) is 9.23. The van der Waals surface area contributed by atoms with Crippen LogP contribution in [0.2, 0.25) is 0 Å². The third-order valence-corrected chi connectivity index (χ3v) is 6.88. The van der Waals surface area contributed by atoms with Crippen LogP contribution in [0.4, 0.5) is 0 Å². The highest BCUT2D eigenvalue weighted by molar-refractivity contribution is 4.96. The Balaban J connectivity index is 1.94. The molecule has 0 aliphatic heterocycles. The lowest BCUT2D eigenvalue weighted by molar-refractivity contribution is -0.183. The first-order valence-electron chi connectivity index (χ1n) is 9.82. The molecular formula is C20H38O4. The normalized spacial score (nSPS) is 44.2. The van der Waals surface area contributed by atoms with E-state index in [1.807, 2.05) is 0 Å². The Morgan fingerprint density at radius 1 is 1.08 bits per heavy atom. The molecular weight excluding hydrogens is 304 g/mol. The zero-order valence-electron chi connectivity index (χ0n) is 16.2. The molecule has 6 atom stereocenters. The van der Waals surface area contributed by atoms with Crippen LogP contribution in [0.1, 0.15) is 73.1 Å². The molecule has 2 aliphatic rings. The van der Waals surface area contributed by atoms with Crippen molar-refractivity contribution in [2.75, 3.05) is 6.61 Å². The highest BCUT2D eigenvalue weighted by atomic mass is 16.5. The van der Waals surface area contributed by atoms with Crippen LogP contribution in [-0.2, 0) is 4.74 Å². The monoisotopic (exact) mass is 342 g/mol. The summed E-state index contributed by atoms with van der Waals surface area (Å²) in [6.07, 6.45) is 3.77. The van der Waals surface area contributed by atoms with Gasteiger partial charge in [-0.05, 0) is 55.8 Å². The summed E-state index contributed by atoms with van der Waals surface area (Å²) in [5.74, 6) is 1.58. The van der Waals surface area contributed by atoms with Crippen LogP contribution >= 0.6 is 0 Å². The molecule has 0 heterocycles. The van der Waals surface area contributed by atoms with Crippen molar-refractivity contribution >= 4 is 0 Å². The van der Waals surface area contributed by atoms with E-state index < -0.39 is 17.3 Å². The lowest BCUT2D eigenvalue weighted by Crippen LogP contribution is -2.53. The molecule has 142 valence electrons. The smallest absolute Gasteiger partial charge is 0.114 e. The molecule has 2 aliphatic carbocycles. The molecule has 0 aromatic carbocycles. The molecule has 0 saturated heterocycles. The van der Waals surface area contributed by atoms with Gasteiger partial charge in [0.15, 0.2) is 0 Å². The Morgan fingerprint density at radius 3 is 2.29 bits per heavy atom. The number of hydrogen-bond donors (Lipinski definition) is 3. The lowest BCUT2D eigenvalue weighted by Gasteiger charge is -2.45. The fourth-order valence-corrected chi connectivity index (χ4v) is 4.31. The van der Waals surface area contributed by atoms with E-state index in [0.717, 1.165) is 19.3 Å². The maximum atomic E-state index is 10.9. The van der Waals surface area contributed by atoms with Gasteiger partial charge >= 0.3 is 0 Å². The Hall–Kier alpha value is -0.160. The summed E-state index contributed by atoms with van der Waals surface area (Å²) in [4.78, 5) is 0. The van der Waals surface area contributed by atoms with E-state index in [1.54, 1.807) is 0 Å². The zero-order valence-corrected chi connectivity index (χ0v) is 16.2. The van der Waals surface area contributed by atoms with Crippen LogP contribution in [0.15, 0.2) is 0 Å². The van der Waals surface area contributed by atoms with E-state index in [2.05, 4.69) is 34.6 Å². The first-order chi connectivity index (χ1) is 11.1. The standard InChI is InChI=1S/C20H38O4/c1-13(2)16-7-9-20(23,18(21)10-16)12-24-17-11-19(22,14(3)4)8-6-15(17)5/h13-18,21-23H,6-12H2,1-5H3/t15?,16?,17?,18?,19-,20?/m0/s1. The van der Waals surface area contributed by atoms with Gasteiger partial charge in [-0.3, -0.25) is 0 Å². The molecule has 0 aromatic rings. The van der Waals surface area contributed by atoms with E-state index in [1.165, 1.54) is 0 Å². The van der Waals surface area contributed by atoms with E-state index in [4.69, 9.17) is 4.74 Å². The summed E-state index contributed by atoms with van der Waals surface area (Å²) in [5, 5.41) is 32.1. The molecule has 5 unspecified atom stereocenters. The lowest BCUT2D eigenvalue weighted by atomic mass is 9.71. The molecule has 0 bridgehead atoms. The molecule has 0 amide bonds. The number of aliphatic hydroxyl groups excluding tert-OH is 1. The van der Waals surface area contributed by atoms with Gasteiger partial charge in [-0.15, -0.1) is 0 Å². The fraction of sp³-hybridized carbons (Fsp3) is 1.00. The summed E-state index contributed by atoms with van der Waals surface area (Å²) < 4.78 is 6.08. The Kier molecular flexibility index (Phi) is 6.39. The molecule has 4 heteroatoms. The molecule has 24 heavy (non-hydrogen) atoms. The summed E-state index contributed by atoms with van der Waals surface area (Å²) in [6, 6.07) is 0. The van der Waals surface area contributed by atoms with Gasteiger partial charge in [-0.25, -0.2) is 0 Å². The maximum absolute atomic E-state index is 10.9. The van der Waals surface area contributed by atoms with Gasteiger partial charge in [0.05, 0.1) is 24.4 Å². The second-order valence-electron chi connectivity index (χ2n) is 9.23. The molecule has 4 nitrogen and oxygen atoms in total. The van der Waals surface area contributed by atoms with Gasteiger partial charge in [-0.2, -0.15) is 0 Å². The molecule has 2 saturated carbocycles. The second kappa shape index (κ2) is 7.61. The highest BCUT2D eigenvalue weighted by Crippen LogP contribution is 2.40. The average molecular weight is 343 g/mol. The quantitative estimate of drug-likeness (QED) is 0.718. The van der Waals surface area contributed by atoms with Gasteiger partial charge in [0.1, 0.15) is 5.60 Å². The minimum Gasteiger partial charge on any atom is -0.390 e. The molecule has 3 N–H and O–H groups in total. The summed E-state index contributed by atoms with van der Waals surface area (Å²) in [7, 11) is 0. The molecule has 0 aromatic heterocycles. The minimum atomic E-state index is -1.14. The van der Waals surface area contributed by atoms with Crippen molar-refractivity contribution in [2.24, 2.45) is 23.7 Å². The van der Waals surface area contributed by atoms with E-state index in [9.17, 15) is 15.3 Å². The Bertz CT molecular complexity index is 410. The largest absolute Gasteiger partial charge is 0.390 e. The van der Waals surface area contributed by atoms with Crippen molar-refractivity contribution in [2.45, 2.75) is 96.6 Å². The third-order valence-electron chi connectivity index (χ3n) is 6.88. The SMILES string of the molecule is CC(C)C1CCC(O)(COC2C[C@](O)(C(C)C)CCC2C)C(O)C1. The van der Waals surface area contributed by atoms with Gasteiger partial charge in [0.25, 0.3) is 0 Å². The highest BCUT2D eigenvalue weighted by Gasteiger charge is 2.45. The minimum absolute atomic E-state index is 0.0507. The Labute approximate surface area is 147 Å². The third kappa shape index (κ3) is 4.32. The van der Waals surface area contributed by atoms with Gasteiger partial charge in [0, 0.05) is 6.42 Å².